The summed E-state index contributed by atoms with van der Waals surface area (Å²) in [5.74, 6) is -0.675. The van der Waals surface area contributed by atoms with Gasteiger partial charge in [-0.25, -0.2) is 0 Å². The number of amides is 2. The van der Waals surface area contributed by atoms with Crippen molar-refractivity contribution in [1.82, 2.24) is 9.47 Å². The van der Waals surface area contributed by atoms with E-state index in [9.17, 15) is 19.7 Å². The standard InChI is InChI=1S/C31H30N4O4/c1-20(2)33(31(37)24-16-13-22(4)28(18-24)35(38)39)19-29(36)34-26-9-6-5-8-25(26)32-17-7-10-27(32)30(34)23-14-11-21(3)12-15-23/h5-18,20,30H,19H2,1-4H3/t30-/m0/s1. The Hall–Kier alpha value is -4.72. The first-order chi connectivity index (χ1) is 18.7. The van der Waals surface area contributed by atoms with Gasteiger partial charge in [0.25, 0.3) is 11.6 Å². The van der Waals surface area contributed by atoms with Crippen molar-refractivity contribution >= 4 is 23.2 Å². The largest absolute Gasteiger partial charge is 0.327 e. The highest BCUT2D eigenvalue weighted by atomic mass is 16.6. The van der Waals surface area contributed by atoms with E-state index in [1.54, 1.807) is 24.0 Å². The number of aryl methyl sites for hydroxylation is 2. The lowest BCUT2D eigenvalue weighted by Gasteiger charge is -2.40. The van der Waals surface area contributed by atoms with Crippen LogP contribution in [0.4, 0.5) is 11.4 Å². The summed E-state index contributed by atoms with van der Waals surface area (Å²) in [6.45, 7) is 7.13. The summed E-state index contributed by atoms with van der Waals surface area (Å²) in [5, 5.41) is 11.5. The topological polar surface area (TPSA) is 88.7 Å². The molecule has 1 atom stereocenters. The zero-order chi connectivity index (χ0) is 27.8. The van der Waals surface area contributed by atoms with Gasteiger partial charge in [0.15, 0.2) is 0 Å². The monoisotopic (exact) mass is 522 g/mol. The average Bonchev–Trinajstić information content (AvgIpc) is 3.41. The molecular formula is C31H30N4O4. The Bertz CT molecular complexity index is 1570. The quantitative estimate of drug-likeness (QED) is 0.230. The molecule has 8 heteroatoms. The molecule has 3 aromatic carbocycles. The lowest BCUT2D eigenvalue weighted by Crippen LogP contribution is -2.48. The molecule has 198 valence electrons. The average molecular weight is 523 g/mol. The molecule has 0 radical (unpaired) electrons. The van der Waals surface area contributed by atoms with Crippen LogP contribution < -0.4 is 4.90 Å². The van der Waals surface area contributed by atoms with E-state index in [0.29, 0.717) is 5.56 Å². The molecule has 2 amide bonds. The van der Waals surface area contributed by atoms with Crippen LogP contribution in [0.5, 0.6) is 0 Å². The molecule has 1 aliphatic rings. The first kappa shape index (κ1) is 25.9. The van der Waals surface area contributed by atoms with Crippen molar-refractivity contribution in [3.63, 3.8) is 0 Å². The molecule has 1 aromatic heterocycles. The zero-order valence-electron chi connectivity index (χ0n) is 22.4. The minimum Gasteiger partial charge on any atom is -0.327 e. The van der Waals surface area contributed by atoms with E-state index in [-0.39, 0.29) is 29.7 Å². The third kappa shape index (κ3) is 4.69. The maximum absolute atomic E-state index is 14.2. The molecule has 0 N–H and O–H groups in total. The van der Waals surface area contributed by atoms with Crippen LogP contribution >= 0.6 is 0 Å². The molecule has 0 unspecified atom stereocenters. The van der Waals surface area contributed by atoms with Gasteiger partial charge in [0, 0.05) is 29.4 Å². The molecule has 39 heavy (non-hydrogen) atoms. The number of rotatable bonds is 6. The Morgan fingerprint density at radius 2 is 1.64 bits per heavy atom. The minimum atomic E-state index is -0.497. The van der Waals surface area contributed by atoms with Crippen molar-refractivity contribution in [2.24, 2.45) is 0 Å². The number of hydrogen-bond acceptors (Lipinski definition) is 4. The van der Waals surface area contributed by atoms with Crippen LogP contribution in [0.15, 0.2) is 85.1 Å². The van der Waals surface area contributed by atoms with Gasteiger partial charge in [0.05, 0.1) is 22.0 Å². The maximum Gasteiger partial charge on any atom is 0.273 e. The summed E-state index contributed by atoms with van der Waals surface area (Å²) < 4.78 is 2.10. The summed E-state index contributed by atoms with van der Waals surface area (Å²) >= 11 is 0. The zero-order valence-corrected chi connectivity index (χ0v) is 22.4. The van der Waals surface area contributed by atoms with Gasteiger partial charge >= 0.3 is 0 Å². The van der Waals surface area contributed by atoms with E-state index in [0.717, 1.165) is 28.2 Å². The van der Waals surface area contributed by atoms with Gasteiger partial charge in [0.1, 0.15) is 12.6 Å². The predicted molar refractivity (Wildman–Crippen MR) is 150 cm³/mol. The summed E-state index contributed by atoms with van der Waals surface area (Å²) in [6, 6.07) is 23.5. The first-order valence-corrected chi connectivity index (χ1v) is 12.9. The molecule has 1 aliphatic heterocycles. The van der Waals surface area contributed by atoms with Crippen molar-refractivity contribution in [2.45, 2.75) is 39.8 Å². The Morgan fingerprint density at radius 3 is 2.31 bits per heavy atom. The highest BCUT2D eigenvalue weighted by Gasteiger charge is 2.37. The number of benzene rings is 3. The van der Waals surface area contributed by atoms with Crippen LogP contribution in [0.3, 0.4) is 0 Å². The van der Waals surface area contributed by atoms with Gasteiger partial charge in [0.2, 0.25) is 5.91 Å². The fourth-order valence-electron chi connectivity index (χ4n) is 5.14. The number of para-hydroxylation sites is 2. The molecule has 0 spiro atoms. The Morgan fingerprint density at radius 1 is 0.949 bits per heavy atom. The maximum atomic E-state index is 14.2. The summed E-state index contributed by atoms with van der Waals surface area (Å²) in [7, 11) is 0. The number of carbonyl (C=O) groups is 2. The molecule has 0 saturated heterocycles. The molecule has 0 fully saturated rings. The number of anilines is 1. The van der Waals surface area contributed by atoms with Crippen LogP contribution in [-0.2, 0) is 4.79 Å². The van der Waals surface area contributed by atoms with Gasteiger partial charge in [-0.1, -0.05) is 48.0 Å². The van der Waals surface area contributed by atoms with E-state index in [1.165, 1.54) is 11.0 Å². The summed E-state index contributed by atoms with van der Waals surface area (Å²) in [4.78, 5) is 42.1. The summed E-state index contributed by atoms with van der Waals surface area (Å²) in [6.07, 6.45) is 1.99. The van der Waals surface area contributed by atoms with Gasteiger partial charge in [-0.3, -0.25) is 24.6 Å². The second kappa shape index (κ2) is 10.2. The highest BCUT2D eigenvalue weighted by Crippen LogP contribution is 2.42. The number of nitro benzene ring substituents is 1. The minimum absolute atomic E-state index is 0.124. The second-order valence-corrected chi connectivity index (χ2v) is 10.2. The van der Waals surface area contributed by atoms with Crippen LogP contribution in [0, 0.1) is 24.0 Å². The lowest BCUT2D eigenvalue weighted by atomic mass is 9.97. The van der Waals surface area contributed by atoms with Crippen molar-refractivity contribution in [2.75, 3.05) is 11.4 Å². The van der Waals surface area contributed by atoms with E-state index in [4.69, 9.17) is 0 Å². The number of nitro groups is 1. The van der Waals surface area contributed by atoms with E-state index >= 15 is 0 Å². The van der Waals surface area contributed by atoms with Crippen molar-refractivity contribution in [1.29, 1.82) is 0 Å². The van der Waals surface area contributed by atoms with Crippen LogP contribution in [0.1, 0.15) is 52.6 Å². The van der Waals surface area contributed by atoms with Crippen molar-refractivity contribution < 1.29 is 14.5 Å². The molecule has 0 bridgehead atoms. The number of aromatic nitrogens is 1. The fraction of sp³-hybridized carbons (Fsp3) is 0.226. The smallest absolute Gasteiger partial charge is 0.273 e. The van der Waals surface area contributed by atoms with E-state index < -0.39 is 16.9 Å². The summed E-state index contributed by atoms with van der Waals surface area (Å²) in [5.41, 5.74) is 5.18. The van der Waals surface area contributed by atoms with Gasteiger partial charge in [-0.05, 0) is 63.6 Å². The predicted octanol–water partition coefficient (Wildman–Crippen LogP) is 5.99. The van der Waals surface area contributed by atoms with Crippen LogP contribution in [0.25, 0.3) is 5.69 Å². The molecule has 8 nitrogen and oxygen atoms in total. The molecule has 0 saturated carbocycles. The SMILES string of the molecule is Cc1ccc([C@H]2c3cccn3-c3ccccc3N2C(=O)CN(C(=O)c2ccc(C)c([N+](=O)[O-])c2)C(C)C)cc1. The molecule has 4 aromatic rings. The Kier molecular flexibility index (Phi) is 6.78. The molecular weight excluding hydrogens is 492 g/mol. The fourth-order valence-corrected chi connectivity index (χ4v) is 5.14. The number of hydrogen-bond donors (Lipinski definition) is 0. The molecule has 0 aliphatic carbocycles. The van der Waals surface area contributed by atoms with Gasteiger partial charge < -0.3 is 9.47 Å². The first-order valence-electron chi connectivity index (χ1n) is 12.9. The van der Waals surface area contributed by atoms with Crippen molar-refractivity contribution in [3.05, 3.63) is 123 Å². The number of fused-ring (bicyclic) bond motifs is 3. The highest BCUT2D eigenvalue weighted by molar-refractivity contribution is 6.03. The third-order valence-electron chi connectivity index (χ3n) is 7.22. The van der Waals surface area contributed by atoms with Crippen LogP contribution in [-0.4, -0.2) is 38.8 Å². The number of carbonyl (C=O) groups excluding carboxylic acids is 2. The lowest BCUT2D eigenvalue weighted by molar-refractivity contribution is -0.385. The second-order valence-electron chi connectivity index (χ2n) is 10.2. The third-order valence-corrected chi connectivity index (χ3v) is 7.22. The van der Waals surface area contributed by atoms with E-state index in [1.807, 2.05) is 87.6 Å². The van der Waals surface area contributed by atoms with E-state index in [2.05, 4.69) is 4.57 Å². The molecule has 2 heterocycles. The van der Waals surface area contributed by atoms with Gasteiger partial charge in [-0.2, -0.15) is 0 Å². The molecule has 5 rings (SSSR count). The van der Waals surface area contributed by atoms with Crippen LogP contribution in [0.2, 0.25) is 0 Å². The Labute approximate surface area is 227 Å². The Balaban J connectivity index is 1.56. The number of nitrogens with zero attached hydrogens (tertiary/aromatic N) is 4. The van der Waals surface area contributed by atoms with Crippen molar-refractivity contribution in [3.8, 4) is 5.69 Å². The normalized spacial score (nSPS) is 14.1. The van der Waals surface area contributed by atoms with Gasteiger partial charge in [-0.15, -0.1) is 0 Å².